The smallest absolute Gasteiger partial charge is 0.256 e. The van der Waals surface area contributed by atoms with Gasteiger partial charge in [-0.1, -0.05) is 78.9 Å². The standard InChI is InChI=1S/C25H17NO/c27-25-23(16-20-12-11-18-9-5-2-6-10-21(18)20)22-15-19(13-14-24(22)26-25)17-7-3-1-4-8-17/h1-16H,(H,26,27)/b23-16-. The molecule has 5 rings (SSSR count). The molecule has 27 heavy (non-hydrogen) atoms. The van der Waals surface area contributed by atoms with Gasteiger partial charge in [0.05, 0.1) is 0 Å². The van der Waals surface area contributed by atoms with Crippen LogP contribution in [0.3, 0.4) is 0 Å². The monoisotopic (exact) mass is 347 g/mol. The summed E-state index contributed by atoms with van der Waals surface area (Å²) in [5.74, 6) is -0.0510. The SMILES string of the molecule is O=C1Nc2ccc(-c3ccccc3)cc2/C1=C/c1ccc2cccccc1-2. The van der Waals surface area contributed by atoms with Crippen molar-refractivity contribution < 1.29 is 4.79 Å². The predicted octanol–water partition coefficient (Wildman–Crippen LogP) is 5.95. The molecule has 0 saturated carbocycles. The van der Waals surface area contributed by atoms with E-state index in [9.17, 15) is 4.79 Å². The van der Waals surface area contributed by atoms with Crippen molar-refractivity contribution in [1.29, 1.82) is 0 Å². The van der Waals surface area contributed by atoms with Crippen molar-refractivity contribution >= 4 is 23.2 Å². The number of carbonyl (C=O) groups excluding carboxylic acids is 1. The van der Waals surface area contributed by atoms with E-state index in [-0.39, 0.29) is 5.91 Å². The number of nitrogens with one attached hydrogen (secondary N) is 1. The van der Waals surface area contributed by atoms with E-state index in [2.05, 4.69) is 53.8 Å². The molecule has 2 aromatic rings. The average molecular weight is 347 g/mol. The van der Waals surface area contributed by atoms with Gasteiger partial charge in [0.25, 0.3) is 5.91 Å². The summed E-state index contributed by atoms with van der Waals surface area (Å²) in [4.78, 5) is 12.6. The fraction of sp³-hybridized carbons (Fsp3) is 0. The highest BCUT2D eigenvalue weighted by molar-refractivity contribution is 6.35. The van der Waals surface area contributed by atoms with Crippen LogP contribution >= 0.6 is 0 Å². The number of carbonyl (C=O) groups is 1. The van der Waals surface area contributed by atoms with Gasteiger partial charge in [-0.2, -0.15) is 0 Å². The molecule has 0 bridgehead atoms. The molecule has 2 heteroatoms. The minimum absolute atomic E-state index is 0.0510. The van der Waals surface area contributed by atoms with E-state index in [1.54, 1.807) is 0 Å². The van der Waals surface area contributed by atoms with Crippen LogP contribution in [0.25, 0.3) is 33.9 Å². The Morgan fingerprint density at radius 3 is 2.15 bits per heavy atom. The molecule has 1 amide bonds. The molecule has 1 N–H and O–H groups in total. The Hall–Kier alpha value is -3.65. The van der Waals surface area contributed by atoms with E-state index >= 15 is 0 Å². The predicted molar refractivity (Wildman–Crippen MR) is 111 cm³/mol. The van der Waals surface area contributed by atoms with Crippen LogP contribution < -0.4 is 5.32 Å². The first-order valence-corrected chi connectivity index (χ1v) is 9.00. The molecule has 2 nitrogen and oxygen atoms in total. The number of hydrogen-bond acceptors (Lipinski definition) is 1. The lowest BCUT2D eigenvalue weighted by Gasteiger charge is -2.05. The number of rotatable bonds is 2. The maximum atomic E-state index is 12.6. The normalized spacial score (nSPS) is 14.4. The topological polar surface area (TPSA) is 29.1 Å². The second kappa shape index (κ2) is 6.26. The van der Waals surface area contributed by atoms with Crippen molar-refractivity contribution in [3.05, 3.63) is 102 Å². The van der Waals surface area contributed by atoms with E-state index < -0.39 is 0 Å². The van der Waals surface area contributed by atoms with Gasteiger partial charge in [-0.3, -0.25) is 4.79 Å². The van der Waals surface area contributed by atoms with E-state index in [0.717, 1.165) is 33.5 Å². The van der Waals surface area contributed by atoms with Crippen LogP contribution in [0.1, 0.15) is 11.1 Å². The third-order valence-electron chi connectivity index (χ3n) is 5.03. The molecule has 2 aliphatic carbocycles. The quantitative estimate of drug-likeness (QED) is 0.446. The zero-order valence-corrected chi connectivity index (χ0v) is 14.6. The molecule has 0 atom stereocenters. The van der Waals surface area contributed by atoms with E-state index in [0.29, 0.717) is 5.57 Å². The number of benzene rings is 2. The van der Waals surface area contributed by atoms with Gasteiger partial charge in [0.15, 0.2) is 0 Å². The third kappa shape index (κ3) is 2.72. The molecule has 0 fully saturated rings. The summed E-state index contributed by atoms with van der Waals surface area (Å²) in [7, 11) is 0. The first-order chi connectivity index (χ1) is 13.3. The van der Waals surface area contributed by atoms with Crippen molar-refractivity contribution in [3.63, 3.8) is 0 Å². The molecule has 3 aliphatic rings. The van der Waals surface area contributed by atoms with Crippen LogP contribution in [0.15, 0.2) is 91.0 Å². The zero-order chi connectivity index (χ0) is 18.2. The number of amides is 1. The summed E-state index contributed by atoms with van der Waals surface area (Å²) in [5.41, 5.74) is 8.16. The van der Waals surface area contributed by atoms with Crippen molar-refractivity contribution in [3.8, 4) is 22.3 Å². The maximum absolute atomic E-state index is 12.6. The van der Waals surface area contributed by atoms with Crippen LogP contribution in [0, 0.1) is 0 Å². The van der Waals surface area contributed by atoms with Gasteiger partial charge in [-0.15, -0.1) is 0 Å². The highest BCUT2D eigenvalue weighted by Crippen LogP contribution is 2.38. The summed E-state index contributed by atoms with van der Waals surface area (Å²) < 4.78 is 0. The van der Waals surface area contributed by atoms with Gasteiger partial charge in [0.1, 0.15) is 0 Å². The Balaban J connectivity index is 1.63. The minimum Gasteiger partial charge on any atom is -0.321 e. The van der Waals surface area contributed by atoms with Crippen molar-refractivity contribution in [2.45, 2.75) is 0 Å². The van der Waals surface area contributed by atoms with Crippen LogP contribution in [-0.2, 0) is 4.79 Å². The van der Waals surface area contributed by atoms with Gasteiger partial charge in [-0.05, 0) is 46.0 Å². The summed E-state index contributed by atoms with van der Waals surface area (Å²) in [6, 6.07) is 30.8. The second-order valence-corrected chi connectivity index (χ2v) is 6.71. The molecule has 0 unspecified atom stereocenters. The van der Waals surface area contributed by atoms with Gasteiger partial charge in [-0.25, -0.2) is 0 Å². The second-order valence-electron chi connectivity index (χ2n) is 6.71. The Morgan fingerprint density at radius 1 is 0.630 bits per heavy atom. The Labute approximate surface area is 158 Å². The highest BCUT2D eigenvalue weighted by atomic mass is 16.2. The van der Waals surface area contributed by atoms with E-state index in [1.165, 1.54) is 5.56 Å². The lowest BCUT2D eigenvalue weighted by Crippen LogP contribution is -2.03. The van der Waals surface area contributed by atoms with E-state index in [4.69, 9.17) is 0 Å². The van der Waals surface area contributed by atoms with Gasteiger partial charge in [0.2, 0.25) is 0 Å². The van der Waals surface area contributed by atoms with Crippen LogP contribution in [0.2, 0.25) is 0 Å². The highest BCUT2D eigenvalue weighted by Gasteiger charge is 2.25. The van der Waals surface area contributed by atoms with Crippen molar-refractivity contribution in [1.82, 2.24) is 0 Å². The summed E-state index contributed by atoms with van der Waals surface area (Å²) in [5, 5.41) is 2.99. The fourth-order valence-corrected chi connectivity index (χ4v) is 3.66. The Morgan fingerprint density at radius 2 is 1.33 bits per heavy atom. The molecule has 0 aromatic heterocycles. The zero-order valence-electron chi connectivity index (χ0n) is 14.6. The van der Waals surface area contributed by atoms with E-state index in [1.807, 2.05) is 48.5 Å². The molecule has 128 valence electrons. The largest absolute Gasteiger partial charge is 0.321 e. The van der Waals surface area contributed by atoms with Crippen LogP contribution in [-0.4, -0.2) is 5.91 Å². The summed E-state index contributed by atoms with van der Waals surface area (Å²) in [6.07, 6.45) is 2.00. The maximum Gasteiger partial charge on any atom is 0.256 e. The molecule has 0 radical (unpaired) electrons. The van der Waals surface area contributed by atoms with Crippen LogP contribution in [0.5, 0.6) is 0 Å². The molecule has 2 aromatic carbocycles. The lowest BCUT2D eigenvalue weighted by atomic mass is 9.98. The third-order valence-corrected chi connectivity index (χ3v) is 5.03. The lowest BCUT2D eigenvalue weighted by molar-refractivity contribution is -0.110. The van der Waals surface area contributed by atoms with Crippen molar-refractivity contribution in [2.24, 2.45) is 0 Å². The molecule has 0 saturated heterocycles. The molecular formula is C25H17NO. The van der Waals surface area contributed by atoms with Crippen LogP contribution in [0.4, 0.5) is 5.69 Å². The number of fused-ring (bicyclic) bond motifs is 2. The van der Waals surface area contributed by atoms with Crippen molar-refractivity contribution in [2.75, 3.05) is 5.32 Å². The number of hydrogen-bond donors (Lipinski definition) is 1. The average Bonchev–Trinajstić information content (AvgIpc) is 3.12. The summed E-state index contributed by atoms with van der Waals surface area (Å²) >= 11 is 0. The Kier molecular flexibility index (Phi) is 3.61. The molecular weight excluding hydrogens is 330 g/mol. The van der Waals surface area contributed by atoms with Gasteiger partial charge in [0, 0.05) is 16.8 Å². The molecule has 1 aliphatic heterocycles. The first kappa shape index (κ1) is 15.6. The summed E-state index contributed by atoms with van der Waals surface area (Å²) in [6.45, 7) is 0. The minimum atomic E-state index is -0.0510. The number of anilines is 1. The molecule has 0 spiro atoms. The van der Waals surface area contributed by atoms with Gasteiger partial charge < -0.3 is 5.32 Å². The molecule has 1 heterocycles. The first-order valence-electron chi connectivity index (χ1n) is 9.00. The van der Waals surface area contributed by atoms with Gasteiger partial charge >= 0.3 is 0 Å². The fourth-order valence-electron chi connectivity index (χ4n) is 3.66. The Bertz CT molecular complexity index is 1160.